The first-order valence-electron chi connectivity index (χ1n) is 10.5. The first-order valence-corrected chi connectivity index (χ1v) is 11.3. The van der Waals surface area contributed by atoms with Crippen LogP contribution < -0.4 is 10.1 Å². The molecule has 0 atom stereocenters. The number of nitrogens with zero attached hydrogens (tertiary/aromatic N) is 1. The van der Waals surface area contributed by atoms with Gasteiger partial charge in [-0.05, 0) is 66.2 Å². The Hall–Kier alpha value is -4.37. The Morgan fingerprint density at radius 3 is 2.34 bits per heavy atom. The lowest BCUT2D eigenvalue weighted by molar-refractivity contribution is -0.115. The van der Waals surface area contributed by atoms with Crippen molar-refractivity contribution in [2.24, 2.45) is 4.99 Å². The van der Waals surface area contributed by atoms with Crippen LogP contribution in [0.1, 0.15) is 37.4 Å². The zero-order valence-corrected chi connectivity index (χ0v) is 19.3. The Bertz CT molecular complexity index is 1350. The molecule has 1 heterocycles. The maximum atomic E-state index is 12.5. The molecule has 176 valence electrons. The van der Waals surface area contributed by atoms with Crippen molar-refractivity contribution < 1.29 is 29.3 Å². The summed E-state index contributed by atoms with van der Waals surface area (Å²) in [6.45, 7) is 2.44. The summed E-state index contributed by atoms with van der Waals surface area (Å²) in [4.78, 5) is 39.7. The van der Waals surface area contributed by atoms with Crippen molar-refractivity contribution in [1.82, 2.24) is 5.32 Å². The summed E-state index contributed by atoms with van der Waals surface area (Å²) >= 11 is 1.07. The number of carbonyl (C=O) groups is 3. The van der Waals surface area contributed by atoms with Crippen LogP contribution >= 0.6 is 11.8 Å². The van der Waals surface area contributed by atoms with Crippen molar-refractivity contribution in [1.29, 1.82) is 0 Å². The van der Waals surface area contributed by atoms with Crippen LogP contribution in [0.15, 0.2) is 76.6 Å². The monoisotopic (exact) mass is 488 g/mol. The van der Waals surface area contributed by atoms with Crippen LogP contribution in [0.25, 0.3) is 6.08 Å². The van der Waals surface area contributed by atoms with E-state index in [1.54, 1.807) is 6.08 Å². The van der Waals surface area contributed by atoms with Crippen molar-refractivity contribution in [2.45, 2.75) is 13.5 Å². The maximum Gasteiger partial charge on any atom is 0.335 e. The molecule has 1 aliphatic rings. The van der Waals surface area contributed by atoms with Crippen molar-refractivity contribution in [2.75, 3.05) is 0 Å². The number of amidine groups is 1. The van der Waals surface area contributed by atoms with Crippen molar-refractivity contribution in [3.05, 3.63) is 99.5 Å². The number of aryl methyl sites for hydroxylation is 1. The van der Waals surface area contributed by atoms with Gasteiger partial charge in [-0.15, -0.1) is 0 Å². The summed E-state index contributed by atoms with van der Waals surface area (Å²) in [5.74, 6) is -2.26. The van der Waals surface area contributed by atoms with Crippen LogP contribution in [0, 0.1) is 6.92 Å². The second kappa shape index (κ2) is 10.3. The third-order valence-corrected chi connectivity index (χ3v) is 5.89. The second-order valence-corrected chi connectivity index (χ2v) is 8.74. The van der Waals surface area contributed by atoms with Gasteiger partial charge in [-0.2, -0.15) is 0 Å². The molecule has 0 bridgehead atoms. The van der Waals surface area contributed by atoms with Crippen molar-refractivity contribution in [3.63, 3.8) is 0 Å². The molecule has 3 aromatic carbocycles. The summed E-state index contributed by atoms with van der Waals surface area (Å²) in [5.41, 5.74) is 2.66. The molecule has 9 heteroatoms. The van der Waals surface area contributed by atoms with Gasteiger partial charge in [-0.25, -0.2) is 14.6 Å². The largest absolute Gasteiger partial charge is 0.489 e. The van der Waals surface area contributed by atoms with E-state index in [-0.39, 0.29) is 27.9 Å². The number of rotatable bonds is 7. The minimum absolute atomic E-state index is 0.109. The lowest BCUT2D eigenvalue weighted by atomic mass is 10.1. The fourth-order valence-corrected chi connectivity index (χ4v) is 4.06. The SMILES string of the molecule is Cc1ccc(COc2cccc(/C=C3\SC(=Nc4cc(C(=O)O)cc(C(=O)O)c4)NC3=O)c2)cc1. The quantitative estimate of drug-likeness (QED) is 0.406. The molecule has 1 saturated heterocycles. The molecule has 3 N–H and O–H groups in total. The fraction of sp³-hybridized carbons (Fsp3) is 0.0769. The Kier molecular flexibility index (Phi) is 6.98. The smallest absolute Gasteiger partial charge is 0.335 e. The highest BCUT2D eigenvalue weighted by Crippen LogP contribution is 2.29. The zero-order chi connectivity index (χ0) is 24.9. The molecular weight excluding hydrogens is 468 g/mol. The molecule has 8 nitrogen and oxygen atoms in total. The first-order chi connectivity index (χ1) is 16.8. The molecule has 1 amide bonds. The van der Waals surface area contributed by atoms with E-state index in [1.165, 1.54) is 17.7 Å². The highest BCUT2D eigenvalue weighted by Gasteiger charge is 2.24. The number of carboxylic acid groups (broad SMARTS) is 2. The van der Waals surface area contributed by atoms with Gasteiger partial charge in [0.2, 0.25) is 0 Å². The first kappa shape index (κ1) is 23.8. The van der Waals surface area contributed by atoms with Crippen molar-refractivity contribution >= 4 is 46.5 Å². The van der Waals surface area contributed by atoms with E-state index in [0.29, 0.717) is 17.3 Å². The molecule has 0 unspecified atom stereocenters. The Morgan fingerprint density at radius 2 is 1.69 bits per heavy atom. The summed E-state index contributed by atoms with van der Waals surface area (Å²) in [6, 6.07) is 18.9. The van der Waals surface area contributed by atoms with Crippen LogP contribution in [0.3, 0.4) is 0 Å². The number of aromatic carboxylic acids is 2. The number of carboxylic acids is 2. The lowest BCUT2D eigenvalue weighted by Gasteiger charge is -2.07. The average molecular weight is 489 g/mol. The molecule has 0 saturated carbocycles. The number of amides is 1. The molecular formula is C26H20N2O6S. The van der Waals surface area contributed by atoms with Crippen LogP contribution in [0.4, 0.5) is 5.69 Å². The molecule has 0 radical (unpaired) electrons. The summed E-state index contributed by atoms with van der Waals surface area (Å²) in [5, 5.41) is 21.3. The molecule has 4 rings (SSSR count). The fourth-order valence-electron chi connectivity index (χ4n) is 3.22. The molecule has 0 aliphatic carbocycles. The van der Waals surface area contributed by atoms with Gasteiger partial charge >= 0.3 is 11.9 Å². The number of hydrogen-bond acceptors (Lipinski definition) is 6. The molecule has 1 fully saturated rings. The highest BCUT2D eigenvalue weighted by molar-refractivity contribution is 8.18. The predicted molar refractivity (Wildman–Crippen MR) is 133 cm³/mol. The average Bonchev–Trinajstić information content (AvgIpc) is 3.16. The van der Waals surface area contributed by atoms with Gasteiger partial charge in [0, 0.05) is 0 Å². The number of aliphatic imine (C=N–C) groups is 1. The minimum Gasteiger partial charge on any atom is -0.489 e. The van der Waals surface area contributed by atoms with E-state index in [9.17, 15) is 24.6 Å². The van der Waals surface area contributed by atoms with E-state index < -0.39 is 11.9 Å². The van der Waals surface area contributed by atoms with Crippen molar-refractivity contribution in [3.8, 4) is 5.75 Å². The number of hydrogen-bond donors (Lipinski definition) is 3. The van der Waals surface area contributed by atoms with E-state index in [2.05, 4.69) is 10.3 Å². The van der Waals surface area contributed by atoms with E-state index in [1.807, 2.05) is 55.5 Å². The summed E-state index contributed by atoms with van der Waals surface area (Å²) in [6.07, 6.45) is 1.69. The third kappa shape index (κ3) is 6.15. The number of nitrogens with one attached hydrogen (secondary N) is 1. The van der Waals surface area contributed by atoms with Crippen LogP contribution in [0.2, 0.25) is 0 Å². The number of thioether (sulfide) groups is 1. The zero-order valence-electron chi connectivity index (χ0n) is 18.5. The number of ether oxygens (including phenoxy) is 1. The Balaban J connectivity index is 1.50. The van der Waals surface area contributed by atoms with Gasteiger partial charge in [0.05, 0.1) is 21.7 Å². The number of carbonyl (C=O) groups excluding carboxylic acids is 1. The molecule has 0 aromatic heterocycles. The summed E-state index contributed by atoms with van der Waals surface area (Å²) in [7, 11) is 0. The summed E-state index contributed by atoms with van der Waals surface area (Å²) < 4.78 is 5.87. The lowest BCUT2D eigenvalue weighted by Crippen LogP contribution is -2.19. The second-order valence-electron chi connectivity index (χ2n) is 7.71. The highest BCUT2D eigenvalue weighted by atomic mass is 32.2. The van der Waals surface area contributed by atoms with Gasteiger partial charge in [-0.3, -0.25) is 4.79 Å². The standard InChI is InChI=1S/C26H20N2O6S/c1-15-5-7-16(8-6-15)14-34-21-4-2-3-17(9-21)10-22-23(29)28-26(35-22)27-20-12-18(24(30)31)11-19(13-20)25(32)33/h2-13H,14H2,1H3,(H,30,31)(H,32,33)(H,27,28,29)/b22-10-. The van der Waals surface area contributed by atoms with Crippen LogP contribution in [-0.2, 0) is 11.4 Å². The minimum atomic E-state index is -1.28. The van der Waals surface area contributed by atoms with Gasteiger partial charge < -0.3 is 20.3 Å². The van der Waals surface area contributed by atoms with Gasteiger partial charge in [0.15, 0.2) is 5.17 Å². The normalized spacial score (nSPS) is 15.3. The van der Waals surface area contributed by atoms with Gasteiger partial charge in [0.25, 0.3) is 5.91 Å². The van der Waals surface area contributed by atoms with Crippen LogP contribution in [0.5, 0.6) is 5.75 Å². The molecule has 3 aromatic rings. The van der Waals surface area contributed by atoms with Crippen LogP contribution in [-0.4, -0.2) is 33.2 Å². The molecule has 35 heavy (non-hydrogen) atoms. The predicted octanol–water partition coefficient (Wildman–Crippen LogP) is 4.86. The topological polar surface area (TPSA) is 125 Å². The van der Waals surface area contributed by atoms with Gasteiger partial charge in [0.1, 0.15) is 12.4 Å². The van der Waals surface area contributed by atoms with E-state index in [0.717, 1.165) is 29.0 Å². The molecule has 0 spiro atoms. The van der Waals surface area contributed by atoms with E-state index in [4.69, 9.17) is 4.74 Å². The van der Waals surface area contributed by atoms with E-state index >= 15 is 0 Å². The third-order valence-electron chi connectivity index (χ3n) is 4.98. The number of benzene rings is 3. The Morgan fingerprint density at radius 1 is 1.00 bits per heavy atom. The Labute approximate surface area is 205 Å². The van der Waals surface area contributed by atoms with Gasteiger partial charge in [-0.1, -0.05) is 42.0 Å². The molecule has 1 aliphatic heterocycles. The maximum absolute atomic E-state index is 12.5.